The van der Waals surface area contributed by atoms with E-state index in [1.165, 1.54) is 0 Å². The molecule has 2 aromatic rings. The van der Waals surface area contributed by atoms with E-state index in [4.69, 9.17) is 0 Å². The first-order valence-corrected chi connectivity index (χ1v) is 6.64. The Kier molecular flexibility index (Phi) is 4.53. The van der Waals surface area contributed by atoms with E-state index in [0.717, 1.165) is 23.4 Å². The molecule has 0 N–H and O–H groups in total. The number of benzene rings is 1. The van der Waals surface area contributed by atoms with E-state index in [1.54, 1.807) is 6.08 Å². The summed E-state index contributed by atoms with van der Waals surface area (Å²) in [5.74, 6) is 0.0450. The summed E-state index contributed by atoms with van der Waals surface area (Å²) < 4.78 is 1.98. The van der Waals surface area contributed by atoms with E-state index in [-0.39, 0.29) is 5.78 Å². The average Bonchev–Trinajstić information content (AvgIpc) is 2.81. The van der Waals surface area contributed by atoms with Crippen LogP contribution in [0, 0.1) is 0 Å². The van der Waals surface area contributed by atoms with Crippen LogP contribution < -0.4 is 0 Å². The fraction of sp³-hybridized carbons (Fsp3) is 0.235. The van der Waals surface area contributed by atoms with Gasteiger partial charge in [0.1, 0.15) is 0 Å². The minimum absolute atomic E-state index is 0.0450. The Morgan fingerprint density at radius 3 is 2.60 bits per heavy atom. The summed E-state index contributed by atoms with van der Waals surface area (Å²) in [6, 6.07) is 11.7. The van der Waals surface area contributed by atoms with E-state index in [2.05, 4.69) is 4.90 Å². The van der Waals surface area contributed by atoms with Crippen LogP contribution in [0.3, 0.4) is 0 Å². The van der Waals surface area contributed by atoms with E-state index < -0.39 is 0 Å². The predicted molar refractivity (Wildman–Crippen MR) is 82.6 cm³/mol. The fourth-order valence-electron chi connectivity index (χ4n) is 2.14. The van der Waals surface area contributed by atoms with Crippen molar-refractivity contribution in [3.8, 4) is 0 Å². The van der Waals surface area contributed by atoms with Gasteiger partial charge in [0.2, 0.25) is 0 Å². The van der Waals surface area contributed by atoms with E-state index >= 15 is 0 Å². The summed E-state index contributed by atoms with van der Waals surface area (Å²) >= 11 is 0. The van der Waals surface area contributed by atoms with Crippen LogP contribution in [-0.2, 0) is 13.6 Å². The lowest BCUT2D eigenvalue weighted by atomic mass is 10.0. The summed E-state index contributed by atoms with van der Waals surface area (Å²) in [6.45, 7) is 0.764. The first-order valence-electron chi connectivity index (χ1n) is 6.64. The lowest BCUT2D eigenvalue weighted by Gasteiger charge is -2.12. The summed E-state index contributed by atoms with van der Waals surface area (Å²) in [5.41, 5.74) is 2.84. The van der Waals surface area contributed by atoms with Crippen molar-refractivity contribution in [1.29, 1.82) is 0 Å². The zero-order chi connectivity index (χ0) is 14.5. The van der Waals surface area contributed by atoms with Crippen molar-refractivity contribution in [2.75, 3.05) is 14.1 Å². The standard InChI is InChI=1S/C17H20N2O/c1-18(2)13-14-7-4-5-9-16(14)17(20)11-10-15-8-6-12-19(15)3/h4-12H,13H2,1-3H3. The van der Waals surface area contributed by atoms with Crippen LogP contribution in [0.5, 0.6) is 0 Å². The number of nitrogens with zero attached hydrogens (tertiary/aromatic N) is 2. The molecule has 3 nitrogen and oxygen atoms in total. The van der Waals surface area contributed by atoms with Gasteiger partial charge in [0, 0.05) is 31.0 Å². The molecule has 1 aromatic heterocycles. The Balaban J connectivity index is 2.21. The van der Waals surface area contributed by atoms with Crippen LogP contribution in [0.4, 0.5) is 0 Å². The Bertz CT molecular complexity index is 623. The molecule has 0 saturated carbocycles. The minimum Gasteiger partial charge on any atom is -0.351 e. The molecule has 0 atom stereocenters. The van der Waals surface area contributed by atoms with Crippen molar-refractivity contribution in [1.82, 2.24) is 9.47 Å². The van der Waals surface area contributed by atoms with Crippen LogP contribution in [-0.4, -0.2) is 29.3 Å². The molecule has 1 heterocycles. The summed E-state index contributed by atoms with van der Waals surface area (Å²) in [5, 5.41) is 0. The van der Waals surface area contributed by atoms with Gasteiger partial charge in [-0.1, -0.05) is 24.3 Å². The molecule has 3 heteroatoms. The van der Waals surface area contributed by atoms with Gasteiger partial charge in [-0.2, -0.15) is 0 Å². The molecule has 0 unspecified atom stereocenters. The number of carbonyl (C=O) groups is 1. The highest BCUT2D eigenvalue weighted by molar-refractivity contribution is 6.07. The molecule has 1 aromatic carbocycles. The van der Waals surface area contributed by atoms with Gasteiger partial charge in [-0.15, -0.1) is 0 Å². The number of allylic oxidation sites excluding steroid dienone is 1. The number of aromatic nitrogens is 1. The number of hydrogen-bond acceptors (Lipinski definition) is 2. The molecule has 0 saturated heterocycles. The van der Waals surface area contributed by atoms with Crippen LogP contribution in [0.2, 0.25) is 0 Å². The van der Waals surface area contributed by atoms with Gasteiger partial charge >= 0.3 is 0 Å². The maximum atomic E-state index is 12.3. The molecule has 0 fully saturated rings. The number of hydrogen-bond donors (Lipinski definition) is 0. The zero-order valence-electron chi connectivity index (χ0n) is 12.2. The van der Waals surface area contributed by atoms with Gasteiger partial charge in [-0.25, -0.2) is 0 Å². The molecule has 2 rings (SSSR count). The molecule has 0 radical (unpaired) electrons. The smallest absolute Gasteiger partial charge is 0.186 e. The van der Waals surface area contributed by atoms with Crippen molar-refractivity contribution in [2.45, 2.75) is 6.54 Å². The molecular weight excluding hydrogens is 248 g/mol. The van der Waals surface area contributed by atoms with Crippen LogP contribution in [0.25, 0.3) is 6.08 Å². The van der Waals surface area contributed by atoms with Crippen molar-refractivity contribution in [3.05, 3.63) is 65.5 Å². The topological polar surface area (TPSA) is 25.2 Å². The monoisotopic (exact) mass is 268 g/mol. The van der Waals surface area contributed by atoms with Crippen LogP contribution in [0.1, 0.15) is 21.6 Å². The number of aryl methyl sites for hydroxylation is 1. The van der Waals surface area contributed by atoms with Crippen molar-refractivity contribution in [3.63, 3.8) is 0 Å². The zero-order valence-corrected chi connectivity index (χ0v) is 12.2. The molecule has 20 heavy (non-hydrogen) atoms. The second-order valence-electron chi connectivity index (χ2n) is 5.14. The number of ketones is 1. The SMILES string of the molecule is CN(C)Cc1ccccc1C(=O)C=Cc1cccn1C. The molecule has 0 spiro atoms. The molecule has 0 bridgehead atoms. The van der Waals surface area contributed by atoms with Crippen LogP contribution in [0.15, 0.2) is 48.7 Å². The third-order valence-corrected chi connectivity index (χ3v) is 3.16. The maximum absolute atomic E-state index is 12.3. The molecule has 0 amide bonds. The van der Waals surface area contributed by atoms with E-state index in [0.29, 0.717) is 0 Å². The fourth-order valence-corrected chi connectivity index (χ4v) is 2.14. The highest BCUT2D eigenvalue weighted by Gasteiger charge is 2.08. The first-order chi connectivity index (χ1) is 9.58. The third-order valence-electron chi connectivity index (χ3n) is 3.16. The highest BCUT2D eigenvalue weighted by Crippen LogP contribution is 2.13. The van der Waals surface area contributed by atoms with Crippen molar-refractivity contribution < 1.29 is 4.79 Å². The highest BCUT2D eigenvalue weighted by atomic mass is 16.1. The largest absolute Gasteiger partial charge is 0.351 e. The quantitative estimate of drug-likeness (QED) is 0.615. The van der Waals surface area contributed by atoms with Gasteiger partial charge in [0.25, 0.3) is 0 Å². The summed E-state index contributed by atoms with van der Waals surface area (Å²) in [7, 11) is 5.96. The van der Waals surface area contributed by atoms with E-state index in [1.807, 2.05) is 74.4 Å². The van der Waals surface area contributed by atoms with Crippen molar-refractivity contribution in [2.24, 2.45) is 7.05 Å². The molecule has 0 aliphatic carbocycles. The van der Waals surface area contributed by atoms with Crippen LogP contribution >= 0.6 is 0 Å². The summed E-state index contributed by atoms with van der Waals surface area (Å²) in [4.78, 5) is 14.4. The Morgan fingerprint density at radius 2 is 1.95 bits per heavy atom. The second kappa shape index (κ2) is 6.35. The second-order valence-corrected chi connectivity index (χ2v) is 5.14. The van der Waals surface area contributed by atoms with Gasteiger partial charge in [-0.05, 0) is 43.9 Å². The number of carbonyl (C=O) groups excluding carboxylic acids is 1. The third kappa shape index (κ3) is 3.45. The Hall–Kier alpha value is -2.13. The van der Waals surface area contributed by atoms with Gasteiger partial charge in [0.05, 0.1) is 0 Å². The summed E-state index contributed by atoms with van der Waals surface area (Å²) in [6.07, 6.45) is 5.46. The maximum Gasteiger partial charge on any atom is 0.186 e. The van der Waals surface area contributed by atoms with E-state index in [9.17, 15) is 4.79 Å². The molecule has 0 aliphatic heterocycles. The Morgan fingerprint density at radius 1 is 1.20 bits per heavy atom. The number of rotatable bonds is 5. The molecule has 0 aliphatic rings. The van der Waals surface area contributed by atoms with Gasteiger partial charge in [-0.3, -0.25) is 4.79 Å². The van der Waals surface area contributed by atoms with Gasteiger partial charge in [0.15, 0.2) is 5.78 Å². The lowest BCUT2D eigenvalue weighted by molar-refractivity contribution is 0.104. The minimum atomic E-state index is 0.0450. The average molecular weight is 268 g/mol. The first kappa shape index (κ1) is 14.3. The molecule has 104 valence electrons. The Labute approximate surface area is 120 Å². The van der Waals surface area contributed by atoms with Gasteiger partial charge < -0.3 is 9.47 Å². The normalized spacial score (nSPS) is 11.4. The predicted octanol–water partition coefficient (Wildman–Crippen LogP) is 2.98. The van der Waals surface area contributed by atoms with Crippen molar-refractivity contribution >= 4 is 11.9 Å². The molecular formula is C17H20N2O. The lowest BCUT2D eigenvalue weighted by Crippen LogP contribution is -2.13.